The molecule has 154 valence electrons. The van der Waals surface area contributed by atoms with Gasteiger partial charge < -0.3 is 10.1 Å². The number of benzene rings is 1. The van der Waals surface area contributed by atoms with Crippen LogP contribution in [0.25, 0.3) is 0 Å². The number of ketones is 1. The summed E-state index contributed by atoms with van der Waals surface area (Å²) < 4.78 is 60.7. The van der Waals surface area contributed by atoms with Crippen LogP contribution < -0.4 is 10.9 Å². The highest BCUT2D eigenvalue weighted by Crippen LogP contribution is 2.45. The molecule has 0 saturated heterocycles. The van der Waals surface area contributed by atoms with E-state index in [4.69, 9.17) is 4.74 Å². The van der Waals surface area contributed by atoms with Gasteiger partial charge in [-0.2, -0.15) is 13.2 Å². The molecule has 2 N–H and O–H groups in total. The van der Waals surface area contributed by atoms with Crippen molar-refractivity contribution < 1.29 is 27.1 Å². The molecule has 2 aromatic rings. The summed E-state index contributed by atoms with van der Waals surface area (Å²) in [6.45, 7) is 3.11. The van der Waals surface area contributed by atoms with Crippen molar-refractivity contribution in [3.05, 3.63) is 62.3 Å². The summed E-state index contributed by atoms with van der Waals surface area (Å²) in [4.78, 5) is 25.7. The summed E-state index contributed by atoms with van der Waals surface area (Å²) in [5.41, 5.74) is -2.63. The molecule has 0 aliphatic carbocycles. The number of aromatic nitrogens is 2. The van der Waals surface area contributed by atoms with Crippen LogP contribution >= 0.6 is 0 Å². The molecule has 4 rings (SSSR count). The van der Waals surface area contributed by atoms with Crippen LogP contribution in [0, 0.1) is 5.82 Å². The van der Waals surface area contributed by atoms with E-state index in [1.165, 1.54) is 4.68 Å². The highest BCUT2D eigenvalue weighted by atomic mass is 19.4. The molecule has 6 nitrogen and oxygen atoms in total. The van der Waals surface area contributed by atoms with Crippen molar-refractivity contribution in [2.24, 2.45) is 7.05 Å². The monoisotopic (exact) mass is 411 g/mol. The fourth-order valence-corrected chi connectivity index (χ4v) is 3.80. The highest BCUT2D eigenvalue weighted by Gasteiger charge is 2.46. The van der Waals surface area contributed by atoms with Crippen molar-refractivity contribution in [3.8, 4) is 0 Å². The maximum absolute atomic E-state index is 13.8. The normalized spacial score (nSPS) is 20.9. The molecule has 0 radical (unpaired) electrons. The Balaban J connectivity index is 2.00. The molecule has 10 heteroatoms. The smallest absolute Gasteiger partial charge is 0.361 e. The predicted molar refractivity (Wildman–Crippen MR) is 95.0 cm³/mol. The van der Waals surface area contributed by atoms with Gasteiger partial charge in [-0.3, -0.25) is 19.4 Å². The van der Waals surface area contributed by atoms with Crippen molar-refractivity contribution >= 4 is 11.6 Å². The van der Waals surface area contributed by atoms with Crippen LogP contribution in [0.4, 0.5) is 23.4 Å². The largest absolute Gasteiger partial charge is 0.419 e. The van der Waals surface area contributed by atoms with E-state index in [1.54, 1.807) is 20.9 Å². The summed E-state index contributed by atoms with van der Waals surface area (Å²) in [7, 11) is 1.55. The number of fused-ring (bicyclic) bond motifs is 1. The molecular weight excluding hydrogens is 394 g/mol. The van der Waals surface area contributed by atoms with Gasteiger partial charge in [0.25, 0.3) is 5.56 Å². The van der Waals surface area contributed by atoms with Crippen molar-refractivity contribution in [1.29, 1.82) is 0 Å². The Hall–Kier alpha value is -2.88. The van der Waals surface area contributed by atoms with E-state index in [1.807, 2.05) is 0 Å². The minimum absolute atomic E-state index is 0.00303. The van der Waals surface area contributed by atoms with E-state index in [0.717, 1.165) is 6.07 Å². The van der Waals surface area contributed by atoms with E-state index < -0.39 is 40.4 Å². The summed E-state index contributed by atoms with van der Waals surface area (Å²) in [5.74, 6) is -2.66. The molecule has 0 bridgehead atoms. The molecule has 0 spiro atoms. The van der Waals surface area contributed by atoms with Crippen LogP contribution in [0.2, 0.25) is 0 Å². The zero-order valence-corrected chi connectivity index (χ0v) is 15.7. The minimum Gasteiger partial charge on any atom is -0.361 e. The zero-order chi connectivity index (χ0) is 21.3. The first-order valence-electron chi connectivity index (χ1n) is 8.76. The number of aromatic amines is 1. The number of carbonyl (C=O) groups excluding carboxylic acids is 1. The molecular formula is C19H17F4N3O3. The molecule has 2 aliphatic heterocycles. The molecule has 1 aromatic heterocycles. The first kappa shape index (κ1) is 19.4. The van der Waals surface area contributed by atoms with Crippen molar-refractivity contribution in [2.75, 3.05) is 11.9 Å². The second kappa shape index (κ2) is 6.06. The van der Waals surface area contributed by atoms with Gasteiger partial charge in [0.1, 0.15) is 17.2 Å². The maximum Gasteiger partial charge on any atom is 0.419 e. The number of anilines is 1. The van der Waals surface area contributed by atoms with Crippen molar-refractivity contribution in [1.82, 2.24) is 9.78 Å². The number of hydrogen-bond donors (Lipinski definition) is 2. The number of halogens is 4. The molecule has 1 atom stereocenters. The number of hydrogen-bond acceptors (Lipinski definition) is 4. The highest BCUT2D eigenvalue weighted by molar-refractivity contribution is 6.06. The molecule has 1 aromatic carbocycles. The van der Waals surface area contributed by atoms with Crippen LogP contribution in [0.15, 0.2) is 34.3 Å². The van der Waals surface area contributed by atoms with Crippen molar-refractivity contribution in [3.63, 3.8) is 0 Å². The number of nitrogens with one attached hydrogen (secondary N) is 2. The van der Waals surface area contributed by atoms with Crippen LogP contribution in [-0.4, -0.2) is 27.8 Å². The second-order valence-corrected chi connectivity index (χ2v) is 7.58. The van der Waals surface area contributed by atoms with Gasteiger partial charge in [0, 0.05) is 18.5 Å². The molecule has 1 unspecified atom stereocenters. The summed E-state index contributed by atoms with van der Waals surface area (Å²) in [6.07, 6.45) is -4.92. The lowest BCUT2D eigenvalue weighted by molar-refractivity contribution is -0.140. The molecule has 2 aliphatic rings. The number of nitrogens with zero attached hydrogens (tertiary/aromatic N) is 1. The standard InChI is InChI=1S/C19H17F4N3O3/c1-18(2)15(27)13-11(7-29-18)24-16-14(17(28)25-26(16)3)12(13)8-4-5-10(20)9(6-8)19(21,22)23/h4-6,12,24H,7H2,1-3H3,(H,25,28). The lowest BCUT2D eigenvalue weighted by Crippen LogP contribution is -2.45. The van der Waals surface area contributed by atoms with Crippen LogP contribution in [0.1, 0.15) is 36.5 Å². The molecule has 0 amide bonds. The number of carbonyl (C=O) groups is 1. The minimum atomic E-state index is -4.92. The van der Waals surface area contributed by atoms with Gasteiger partial charge in [-0.1, -0.05) is 6.07 Å². The predicted octanol–water partition coefficient (Wildman–Crippen LogP) is 3.06. The summed E-state index contributed by atoms with van der Waals surface area (Å²) in [6, 6.07) is 2.52. The molecule has 29 heavy (non-hydrogen) atoms. The van der Waals surface area contributed by atoms with Crippen LogP contribution in [0.3, 0.4) is 0 Å². The Kier molecular flexibility index (Phi) is 4.06. The average Bonchev–Trinajstić information content (AvgIpc) is 2.90. The Morgan fingerprint density at radius 2 is 1.93 bits per heavy atom. The number of H-pyrrole nitrogens is 1. The Labute approximate surface area is 162 Å². The number of rotatable bonds is 1. The van der Waals surface area contributed by atoms with Gasteiger partial charge in [-0.05, 0) is 31.5 Å². The van der Waals surface area contributed by atoms with E-state index in [0.29, 0.717) is 23.6 Å². The first-order chi connectivity index (χ1) is 13.4. The first-order valence-corrected chi connectivity index (χ1v) is 8.76. The fourth-order valence-electron chi connectivity index (χ4n) is 3.80. The third-order valence-electron chi connectivity index (χ3n) is 5.27. The van der Waals surface area contributed by atoms with Gasteiger partial charge in [0.15, 0.2) is 5.78 Å². The van der Waals surface area contributed by atoms with E-state index in [-0.39, 0.29) is 23.3 Å². The number of aryl methyl sites for hydroxylation is 1. The van der Waals surface area contributed by atoms with E-state index in [2.05, 4.69) is 10.4 Å². The number of Topliss-reactive ketones (excluding diaryl/α,β-unsaturated/α-hetero) is 1. The fraction of sp³-hybridized carbons (Fsp3) is 0.368. The van der Waals surface area contributed by atoms with Crippen molar-refractivity contribution in [2.45, 2.75) is 31.5 Å². The third kappa shape index (κ3) is 2.89. The van der Waals surface area contributed by atoms with Crippen LogP contribution in [0.5, 0.6) is 0 Å². The van der Waals surface area contributed by atoms with Gasteiger partial charge >= 0.3 is 6.18 Å². The number of alkyl halides is 3. The Morgan fingerprint density at radius 3 is 2.59 bits per heavy atom. The maximum atomic E-state index is 13.8. The molecule has 3 heterocycles. The number of ether oxygens (including phenoxy) is 1. The SMILES string of the molecule is Cn1[nH]c(=O)c2c1NC1=C(C(=O)C(C)(C)OC1)C2c1ccc(F)c(C(F)(F)F)c1. The Bertz CT molecular complexity index is 1120. The average molecular weight is 411 g/mol. The van der Waals surface area contributed by atoms with Gasteiger partial charge in [0.2, 0.25) is 0 Å². The quantitative estimate of drug-likeness (QED) is 0.708. The van der Waals surface area contributed by atoms with E-state index in [9.17, 15) is 27.2 Å². The third-order valence-corrected chi connectivity index (χ3v) is 5.27. The molecule has 0 saturated carbocycles. The summed E-state index contributed by atoms with van der Waals surface area (Å²) in [5, 5.41) is 5.52. The lowest BCUT2D eigenvalue weighted by Gasteiger charge is -2.38. The lowest BCUT2D eigenvalue weighted by atomic mass is 9.76. The van der Waals surface area contributed by atoms with Gasteiger partial charge in [-0.25, -0.2) is 4.39 Å². The molecule has 0 fully saturated rings. The van der Waals surface area contributed by atoms with Gasteiger partial charge in [-0.15, -0.1) is 0 Å². The zero-order valence-electron chi connectivity index (χ0n) is 15.7. The Morgan fingerprint density at radius 1 is 1.24 bits per heavy atom. The van der Waals surface area contributed by atoms with E-state index >= 15 is 0 Å². The second-order valence-electron chi connectivity index (χ2n) is 7.58. The van der Waals surface area contributed by atoms with Crippen LogP contribution in [-0.2, 0) is 22.8 Å². The van der Waals surface area contributed by atoms with Gasteiger partial charge in [0.05, 0.1) is 23.4 Å². The topological polar surface area (TPSA) is 76.1 Å². The summed E-state index contributed by atoms with van der Waals surface area (Å²) >= 11 is 0.